The molecule has 1 atom stereocenters. The van der Waals surface area contributed by atoms with Gasteiger partial charge in [-0.2, -0.15) is 0 Å². The summed E-state index contributed by atoms with van der Waals surface area (Å²) >= 11 is 12.2. The van der Waals surface area contributed by atoms with Gasteiger partial charge in [-0.05, 0) is 37.1 Å². The van der Waals surface area contributed by atoms with E-state index >= 15 is 0 Å². The molecule has 2 aromatic rings. The molecule has 0 radical (unpaired) electrons. The van der Waals surface area contributed by atoms with Gasteiger partial charge in [0.1, 0.15) is 0 Å². The second-order valence-electron chi connectivity index (χ2n) is 5.08. The van der Waals surface area contributed by atoms with Crippen molar-refractivity contribution in [2.45, 2.75) is 19.4 Å². The largest absolute Gasteiger partial charge is 0.326 e. The molecule has 1 heterocycles. The lowest BCUT2D eigenvalue weighted by atomic mass is 10.1. The lowest BCUT2D eigenvalue weighted by Gasteiger charge is -2.23. The molecule has 0 saturated heterocycles. The molecule has 5 heteroatoms. The van der Waals surface area contributed by atoms with Crippen LogP contribution in [0.5, 0.6) is 0 Å². The first-order chi connectivity index (χ1) is 10.1. The van der Waals surface area contributed by atoms with Gasteiger partial charge in [0.25, 0.3) is 0 Å². The molecule has 3 rings (SSSR count). The summed E-state index contributed by atoms with van der Waals surface area (Å²) in [7, 11) is 0. The van der Waals surface area contributed by atoms with Crippen LogP contribution in [0.3, 0.4) is 0 Å². The normalized spacial score (nSPS) is 16.7. The average molecular weight is 321 g/mol. The van der Waals surface area contributed by atoms with Crippen LogP contribution in [0.2, 0.25) is 10.0 Å². The highest BCUT2D eigenvalue weighted by molar-refractivity contribution is 6.39. The van der Waals surface area contributed by atoms with Crippen molar-refractivity contribution in [2.24, 2.45) is 0 Å². The van der Waals surface area contributed by atoms with Crippen molar-refractivity contribution in [1.29, 1.82) is 0 Å². The minimum atomic E-state index is -0.220. The van der Waals surface area contributed by atoms with Crippen LogP contribution in [-0.4, -0.2) is 12.1 Å². The van der Waals surface area contributed by atoms with Crippen molar-refractivity contribution >= 4 is 40.6 Å². The van der Waals surface area contributed by atoms with E-state index in [2.05, 4.69) is 5.32 Å². The SMILES string of the molecule is CC1Cc2ccccc2N1C(=O)Nc1c(Cl)cccc1Cl. The molecule has 0 aliphatic carbocycles. The number of halogens is 2. The van der Waals surface area contributed by atoms with Crippen LogP contribution < -0.4 is 10.2 Å². The molecule has 108 valence electrons. The van der Waals surface area contributed by atoms with Gasteiger partial charge in [-0.3, -0.25) is 4.90 Å². The van der Waals surface area contributed by atoms with Crippen molar-refractivity contribution in [2.75, 3.05) is 10.2 Å². The number of nitrogens with one attached hydrogen (secondary N) is 1. The summed E-state index contributed by atoms with van der Waals surface area (Å²) in [5, 5.41) is 3.67. The second kappa shape index (κ2) is 5.58. The predicted molar refractivity (Wildman–Crippen MR) is 87.6 cm³/mol. The highest BCUT2D eigenvalue weighted by Crippen LogP contribution is 2.34. The summed E-state index contributed by atoms with van der Waals surface area (Å²) in [4.78, 5) is 14.3. The Balaban J connectivity index is 1.90. The summed E-state index contributed by atoms with van der Waals surface area (Å²) in [6.45, 7) is 2.02. The van der Waals surface area contributed by atoms with Gasteiger partial charge in [-0.1, -0.05) is 47.5 Å². The van der Waals surface area contributed by atoms with E-state index in [1.165, 1.54) is 5.56 Å². The zero-order chi connectivity index (χ0) is 15.0. The van der Waals surface area contributed by atoms with Crippen LogP contribution in [0, 0.1) is 0 Å². The third kappa shape index (κ3) is 2.59. The molecule has 2 amide bonds. The summed E-state index contributed by atoms with van der Waals surface area (Å²) in [5.74, 6) is 0. The molecular weight excluding hydrogens is 307 g/mol. The fourth-order valence-corrected chi connectivity index (χ4v) is 3.15. The quantitative estimate of drug-likeness (QED) is 0.789. The lowest BCUT2D eigenvalue weighted by Crippen LogP contribution is -2.39. The second-order valence-corrected chi connectivity index (χ2v) is 5.89. The number of amides is 2. The molecule has 1 aliphatic rings. The number of para-hydroxylation sites is 2. The number of anilines is 2. The number of hydrogen-bond donors (Lipinski definition) is 1. The van der Waals surface area contributed by atoms with Gasteiger partial charge in [0.2, 0.25) is 0 Å². The van der Waals surface area contributed by atoms with Crippen molar-refractivity contribution < 1.29 is 4.79 Å². The molecule has 0 spiro atoms. The summed E-state index contributed by atoms with van der Waals surface area (Å²) in [6, 6.07) is 12.9. The fourth-order valence-electron chi connectivity index (χ4n) is 2.66. The van der Waals surface area contributed by atoms with Crippen molar-refractivity contribution in [3.63, 3.8) is 0 Å². The molecule has 0 aromatic heterocycles. The first-order valence-electron chi connectivity index (χ1n) is 6.70. The van der Waals surface area contributed by atoms with Crippen molar-refractivity contribution in [3.8, 4) is 0 Å². The van der Waals surface area contributed by atoms with E-state index in [4.69, 9.17) is 23.2 Å². The number of carbonyl (C=O) groups excluding carboxylic acids is 1. The fraction of sp³-hybridized carbons (Fsp3) is 0.188. The summed E-state index contributed by atoms with van der Waals surface area (Å²) in [5.41, 5.74) is 2.55. The van der Waals surface area contributed by atoms with Crippen molar-refractivity contribution in [3.05, 3.63) is 58.1 Å². The molecule has 0 fully saturated rings. The number of carbonyl (C=O) groups is 1. The number of hydrogen-bond acceptors (Lipinski definition) is 1. The number of benzene rings is 2. The Morgan fingerprint density at radius 2 is 1.81 bits per heavy atom. The van der Waals surface area contributed by atoms with E-state index in [9.17, 15) is 4.79 Å². The smallest absolute Gasteiger partial charge is 0.305 e. The topological polar surface area (TPSA) is 32.3 Å². The Kier molecular flexibility index (Phi) is 3.79. The predicted octanol–water partition coefficient (Wildman–Crippen LogP) is 4.98. The minimum Gasteiger partial charge on any atom is -0.305 e. The van der Waals surface area contributed by atoms with E-state index in [1.54, 1.807) is 23.1 Å². The molecule has 1 aliphatic heterocycles. The number of nitrogens with zero attached hydrogens (tertiary/aromatic N) is 1. The minimum absolute atomic E-state index is 0.101. The van der Waals surface area contributed by atoms with Gasteiger partial charge in [0, 0.05) is 11.7 Å². The molecular formula is C16H14Cl2N2O. The standard InChI is InChI=1S/C16H14Cl2N2O/c1-10-9-11-5-2-3-8-14(11)20(10)16(21)19-15-12(17)6-4-7-13(15)18/h2-8,10H,9H2,1H3,(H,19,21). The van der Waals surface area contributed by atoms with E-state index in [0.29, 0.717) is 15.7 Å². The van der Waals surface area contributed by atoms with E-state index in [-0.39, 0.29) is 12.1 Å². The Bertz CT molecular complexity index is 682. The monoisotopic (exact) mass is 320 g/mol. The average Bonchev–Trinajstić information content (AvgIpc) is 2.78. The number of fused-ring (bicyclic) bond motifs is 1. The Labute approximate surface area is 133 Å². The molecule has 1 N–H and O–H groups in total. The number of urea groups is 1. The Hall–Kier alpha value is -1.71. The van der Waals surface area contributed by atoms with Crippen LogP contribution in [0.25, 0.3) is 0 Å². The highest BCUT2D eigenvalue weighted by atomic mass is 35.5. The van der Waals surface area contributed by atoms with Gasteiger partial charge in [-0.25, -0.2) is 4.79 Å². The van der Waals surface area contributed by atoms with E-state index in [1.807, 2.05) is 31.2 Å². The first kappa shape index (κ1) is 14.2. The zero-order valence-electron chi connectivity index (χ0n) is 11.4. The maximum Gasteiger partial charge on any atom is 0.326 e. The van der Waals surface area contributed by atoms with Crippen LogP contribution in [0.4, 0.5) is 16.2 Å². The van der Waals surface area contributed by atoms with Crippen LogP contribution in [-0.2, 0) is 6.42 Å². The lowest BCUT2D eigenvalue weighted by molar-refractivity contribution is 0.256. The zero-order valence-corrected chi connectivity index (χ0v) is 12.9. The molecule has 3 nitrogen and oxygen atoms in total. The maximum absolute atomic E-state index is 12.6. The Morgan fingerprint density at radius 3 is 2.52 bits per heavy atom. The summed E-state index contributed by atoms with van der Waals surface area (Å²) < 4.78 is 0. The van der Waals surface area contributed by atoms with Crippen LogP contribution in [0.1, 0.15) is 12.5 Å². The van der Waals surface area contributed by atoms with Gasteiger partial charge < -0.3 is 5.32 Å². The van der Waals surface area contributed by atoms with Crippen LogP contribution in [0.15, 0.2) is 42.5 Å². The summed E-state index contributed by atoms with van der Waals surface area (Å²) in [6.07, 6.45) is 0.847. The molecule has 0 saturated carbocycles. The maximum atomic E-state index is 12.6. The Morgan fingerprint density at radius 1 is 1.14 bits per heavy atom. The van der Waals surface area contributed by atoms with E-state index < -0.39 is 0 Å². The first-order valence-corrected chi connectivity index (χ1v) is 7.45. The van der Waals surface area contributed by atoms with Gasteiger partial charge in [0.15, 0.2) is 0 Å². The molecule has 0 bridgehead atoms. The molecule has 2 aromatic carbocycles. The third-order valence-electron chi connectivity index (χ3n) is 3.62. The number of rotatable bonds is 1. The molecule has 1 unspecified atom stereocenters. The highest BCUT2D eigenvalue weighted by Gasteiger charge is 2.31. The van der Waals surface area contributed by atoms with Crippen molar-refractivity contribution in [1.82, 2.24) is 0 Å². The van der Waals surface area contributed by atoms with E-state index in [0.717, 1.165) is 12.1 Å². The van der Waals surface area contributed by atoms with Gasteiger partial charge in [0.05, 0.1) is 15.7 Å². The van der Waals surface area contributed by atoms with Gasteiger partial charge >= 0.3 is 6.03 Å². The third-order valence-corrected chi connectivity index (χ3v) is 4.25. The molecule has 21 heavy (non-hydrogen) atoms. The van der Waals surface area contributed by atoms with Gasteiger partial charge in [-0.15, -0.1) is 0 Å². The van der Waals surface area contributed by atoms with Crippen LogP contribution >= 0.6 is 23.2 Å².